The lowest BCUT2D eigenvalue weighted by Crippen LogP contribution is -2.35. The van der Waals surface area contributed by atoms with Crippen LogP contribution in [0.25, 0.3) is 0 Å². The number of hydrogen-bond donors (Lipinski definition) is 0. The third-order valence-electron chi connectivity index (χ3n) is 5.23. The molecular formula is C21H21ClF3N3O3. The van der Waals surface area contributed by atoms with Crippen LogP contribution in [0.1, 0.15) is 28.8 Å². The Balaban J connectivity index is 1.46. The topological polar surface area (TPSA) is 54.9 Å². The molecule has 1 aromatic carbocycles. The number of halogens is 4. The predicted octanol–water partition coefficient (Wildman–Crippen LogP) is 4.27. The number of amides is 1. The Morgan fingerprint density at radius 3 is 2.58 bits per heavy atom. The average molecular weight is 456 g/mol. The zero-order valence-corrected chi connectivity index (χ0v) is 17.4. The van der Waals surface area contributed by atoms with Crippen molar-refractivity contribution in [2.75, 3.05) is 44.3 Å². The maximum Gasteiger partial charge on any atom is 0.417 e. The summed E-state index contributed by atoms with van der Waals surface area (Å²) in [5.41, 5.74) is -0.371. The number of rotatable bonds is 2. The Bertz CT molecular complexity index is 953. The maximum absolute atomic E-state index is 13.1. The van der Waals surface area contributed by atoms with E-state index in [0.29, 0.717) is 73.7 Å². The van der Waals surface area contributed by atoms with Gasteiger partial charge < -0.3 is 19.3 Å². The van der Waals surface area contributed by atoms with Gasteiger partial charge in [0.1, 0.15) is 5.82 Å². The van der Waals surface area contributed by atoms with Crippen LogP contribution < -0.4 is 14.4 Å². The molecule has 0 atom stereocenters. The van der Waals surface area contributed by atoms with Gasteiger partial charge in [-0.2, -0.15) is 13.2 Å². The highest BCUT2D eigenvalue weighted by atomic mass is 35.5. The van der Waals surface area contributed by atoms with Crippen LogP contribution in [-0.4, -0.2) is 55.2 Å². The van der Waals surface area contributed by atoms with Crippen molar-refractivity contribution in [2.45, 2.75) is 19.0 Å². The lowest BCUT2D eigenvalue weighted by atomic mass is 10.1. The van der Waals surface area contributed by atoms with Gasteiger partial charge in [-0.25, -0.2) is 4.98 Å². The van der Waals surface area contributed by atoms with Crippen molar-refractivity contribution in [1.29, 1.82) is 0 Å². The van der Waals surface area contributed by atoms with Gasteiger partial charge in [0, 0.05) is 44.4 Å². The fraction of sp³-hybridized carbons (Fsp3) is 0.429. The normalized spacial score (nSPS) is 17.2. The molecule has 3 heterocycles. The standard InChI is InChI=1S/C21H21ClF3N3O3/c22-16-11-14(12-17-19(16)31-10-2-9-30-17)20(29)28-6-1-5-27(7-8-28)18-4-3-15(13-26-18)21(23,24)25/h3-4,11-13H,1-2,5-10H2. The summed E-state index contributed by atoms with van der Waals surface area (Å²) in [7, 11) is 0. The van der Waals surface area contributed by atoms with E-state index in [9.17, 15) is 18.0 Å². The van der Waals surface area contributed by atoms with Crippen LogP contribution in [0.2, 0.25) is 5.02 Å². The zero-order chi connectivity index (χ0) is 22.0. The maximum atomic E-state index is 13.1. The molecule has 2 aliphatic heterocycles. The molecule has 4 rings (SSSR count). The number of ether oxygens (including phenoxy) is 2. The number of aromatic nitrogens is 1. The molecule has 1 aromatic heterocycles. The van der Waals surface area contributed by atoms with Gasteiger partial charge in [-0.1, -0.05) is 11.6 Å². The molecule has 166 valence electrons. The van der Waals surface area contributed by atoms with E-state index >= 15 is 0 Å². The van der Waals surface area contributed by atoms with E-state index < -0.39 is 11.7 Å². The molecule has 31 heavy (non-hydrogen) atoms. The van der Waals surface area contributed by atoms with Crippen molar-refractivity contribution in [3.05, 3.63) is 46.6 Å². The van der Waals surface area contributed by atoms with Crippen LogP contribution in [-0.2, 0) is 6.18 Å². The molecule has 1 fully saturated rings. The summed E-state index contributed by atoms with van der Waals surface area (Å²) in [6.45, 7) is 2.96. The molecule has 0 aliphatic carbocycles. The number of alkyl halides is 3. The van der Waals surface area contributed by atoms with Crippen LogP contribution in [0.15, 0.2) is 30.5 Å². The second-order valence-corrected chi connectivity index (χ2v) is 7.78. The van der Waals surface area contributed by atoms with Crippen molar-refractivity contribution >= 4 is 23.3 Å². The molecule has 0 unspecified atom stereocenters. The van der Waals surface area contributed by atoms with Gasteiger partial charge in [0.2, 0.25) is 0 Å². The van der Waals surface area contributed by atoms with Gasteiger partial charge >= 0.3 is 6.18 Å². The number of benzene rings is 1. The van der Waals surface area contributed by atoms with Crippen LogP contribution >= 0.6 is 11.6 Å². The fourth-order valence-corrected chi connectivity index (χ4v) is 3.89. The van der Waals surface area contributed by atoms with Crippen LogP contribution in [0.5, 0.6) is 11.5 Å². The van der Waals surface area contributed by atoms with Crippen molar-refractivity contribution in [1.82, 2.24) is 9.88 Å². The molecule has 1 saturated heterocycles. The summed E-state index contributed by atoms with van der Waals surface area (Å²) in [6, 6.07) is 5.62. The van der Waals surface area contributed by atoms with Crippen LogP contribution in [0, 0.1) is 0 Å². The van der Waals surface area contributed by atoms with Gasteiger partial charge in [-0.15, -0.1) is 0 Å². The summed E-state index contributed by atoms with van der Waals surface area (Å²) in [5.74, 6) is 1.19. The molecule has 0 N–H and O–H groups in total. The fourth-order valence-electron chi connectivity index (χ4n) is 3.63. The van der Waals surface area contributed by atoms with E-state index in [0.717, 1.165) is 18.7 Å². The first-order chi connectivity index (χ1) is 14.8. The molecule has 10 heteroatoms. The lowest BCUT2D eigenvalue weighted by molar-refractivity contribution is -0.137. The molecule has 6 nitrogen and oxygen atoms in total. The second kappa shape index (κ2) is 8.82. The monoisotopic (exact) mass is 455 g/mol. The summed E-state index contributed by atoms with van der Waals surface area (Å²) in [4.78, 5) is 20.6. The summed E-state index contributed by atoms with van der Waals surface area (Å²) in [5, 5.41) is 0.327. The van der Waals surface area contributed by atoms with Crippen molar-refractivity contribution < 1.29 is 27.4 Å². The first kappa shape index (κ1) is 21.5. The largest absolute Gasteiger partial charge is 0.489 e. The van der Waals surface area contributed by atoms with Gasteiger partial charge in [0.15, 0.2) is 11.5 Å². The third kappa shape index (κ3) is 4.81. The minimum absolute atomic E-state index is 0.181. The Kier molecular flexibility index (Phi) is 6.13. The summed E-state index contributed by atoms with van der Waals surface area (Å²) >= 11 is 6.31. The second-order valence-electron chi connectivity index (χ2n) is 7.37. The Morgan fingerprint density at radius 1 is 1.03 bits per heavy atom. The molecule has 0 spiro atoms. The molecule has 1 amide bonds. The number of anilines is 1. The van der Waals surface area contributed by atoms with E-state index in [1.54, 1.807) is 17.0 Å². The van der Waals surface area contributed by atoms with Gasteiger partial charge in [0.25, 0.3) is 5.91 Å². The Morgan fingerprint density at radius 2 is 1.84 bits per heavy atom. The Labute approximate surface area is 182 Å². The lowest BCUT2D eigenvalue weighted by Gasteiger charge is -2.23. The number of fused-ring (bicyclic) bond motifs is 1. The average Bonchev–Trinajstić information content (AvgIpc) is 3.14. The quantitative estimate of drug-likeness (QED) is 0.677. The van der Waals surface area contributed by atoms with Crippen LogP contribution in [0.3, 0.4) is 0 Å². The number of carbonyl (C=O) groups is 1. The molecule has 2 aliphatic rings. The third-order valence-corrected chi connectivity index (χ3v) is 5.51. The number of nitrogens with zero attached hydrogens (tertiary/aromatic N) is 3. The van der Waals surface area contributed by atoms with E-state index in [1.807, 2.05) is 4.90 Å². The highest BCUT2D eigenvalue weighted by Crippen LogP contribution is 2.38. The molecule has 2 aromatic rings. The molecule has 0 bridgehead atoms. The zero-order valence-electron chi connectivity index (χ0n) is 16.6. The number of carbonyl (C=O) groups excluding carboxylic acids is 1. The number of hydrogen-bond acceptors (Lipinski definition) is 5. The van der Waals surface area contributed by atoms with Gasteiger partial charge in [0.05, 0.1) is 23.8 Å². The van der Waals surface area contributed by atoms with E-state index in [4.69, 9.17) is 21.1 Å². The minimum atomic E-state index is -4.42. The highest BCUT2D eigenvalue weighted by Gasteiger charge is 2.31. The smallest absolute Gasteiger partial charge is 0.417 e. The highest BCUT2D eigenvalue weighted by molar-refractivity contribution is 6.32. The van der Waals surface area contributed by atoms with Crippen molar-refractivity contribution in [3.8, 4) is 11.5 Å². The molecular weight excluding hydrogens is 435 g/mol. The first-order valence-corrected chi connectivity index (χ1v) is 10.4. The van der Waals surface area contributed by atoms with Gasteiger partial charge in [-0.05, 0) is 30.7 Å². The van der Waals surface area contributed by atoms with E-state index in [1.165, 1.54) is 6.07 Å². The Hall–Kier alpha value is -2.68. The van der Waals surface area contributed by atoms with Crippen LogP contribution in [0.4, 0.5) is 19.0 Å². The predicted molar refractivity (Wildman–Crippen MR) is 109 cm³/mol. The minimum Gasteiger partial charge on any atom is -0.489 e. The van der Waals surface area contributed by atoms with Gasteiger partial charge in [-0.3, -0.25) is 4.79 Å². The summed E-state index contributed by atoms with van der Waals surface area (Å²) < 4.78 is 49.6. The first-order valence-electron chi connectivity index (χ1n) is 9.99. The van der Waals surface area contributed by atoms with Crippen molar-refractivity contribution in [3.63, 3.8) is 0 Å². The molecule has 0 radical (unpaired) electrons. The van der Waals surface area contributed by atoms with E-state index in [-0.39, 0.29) is 5.91 Å². The van der Waals surface area contributed by atoms with Crippen molar-refractivity contribution in [2.24, 2.45) is 0 Å². The molecule has 0 saturated carbocycles. The summed E-state index contributed by atoms with van der Waals surface area (Å²) in [6.07, 6.45) is -2.19. The van der Waals surface area contributed by atoms with E-state index in [2.05, 4.69) is 4.98 Å². The SMILES string of the molecule is O=C(c1cc(Cl)c2c(c1)OCCCO2)N1CCCN(c2ccc(C(F)(F)F)cn2)CC1. The number of pyridine rings is 1.